The van der Waals surface area contributed by atoms with E-state index in [-0.39, 0.29) is 22.2 Å². The lowest BCUT2D eigenvalue weighted by Crippen LogP contribution is -2.28. The molecule has 7 nitrogen and oxygen atoms in total. The van der Waals surface area contributed by atoms with Gasteiger partial charge in [0.25, 0.3) is 10.0 Å². The summed E-state index contributed by atoms with van der Waals surface area (Å²) in [5.74, 6) is 0.241. The number of benzene rings is 3. The van der Waals surface area contributed by atoms with E-state index in [1.807, 2.05) is 25.1 Å². The van der Waals surface area contributed by atoms with Gasteiger partial charge >= 0.3 is 0 Å². The zero-order valence-corrected chi connectivity index (χ0v) is 18.1. The third kappa shape index (κ3) is 3.18. The van der Waals surface area contributed by atoms with Crippen LogP contribution in [0.2, 0.25) is 0 Å². The molecule has 0 spiro atoms. The third-order valence-electron chi connectivity index (χ3n) is 5.29. The molecule has 0 N–H and O–H groups in total. The van der Waals surface area contributed by atoms with Crippen molar-refractivity contribution in [2.24, 2.45) is 0 Å². The van der Waals surface area contributed by atoms with Gasteiger partial charge in [0, 0.05) is 12.6 Å². The topological polar surface area (TPSA) is 80.5 Å². The van der Waals surface area contributed by atoms with Gasteiger partial charge in [-0.1, -0.05) is 29.8 Å². The number of para-hydroxylation sites is 2. The Balaban J connectivity index is 1.76. The summed E-state index contributed by atoms with van der Waals surface area (Å²) in [6.07, 6.45) is 0. The zero-order chi connectivity index (χ0) is 22.5. The Kier molecular flexibility index (Phi) is 4.63. The number of sulfonamides is 1. The smallest absolute Gasteiger partial charge is 0.265 e. The van der Waals surface area contributed by atoms with E-state index in [4.69, 9.17) is 0 Å². The summed E-state index contributed by atoms with van der Waals surface area (Å²) < 4.78 is 43.0. The molecule has 0 aliphatic heterocycles. The van der Waals surface area contributed by atoms with Crippen molar-refractivity contribution in [3.63, 3.8) is 0 Å². The highest BCUT2D eigenvalue weighted by Crippen LogP contribution is 2.30. The molecule has 0 unspecified atom stereocenters. The quantitative estimate of drug-likeness (QED) is 0.412. The number of halogens is 1. The van der Waals surface area contributed by atoms with Crippen molar-refractivity contribution in [3.8, 4) is 11.4 Å². The minimum atomic E-state index is -3.89. The predicted octanol–water partition coefficient (Wildman–Crippen LogP) is 4.22. The highest BCUT2D eigenvalue weighted by Gasteiger charge is 2.27. The van der Waals surface area contributed by atoms with Crippen LogP contribution in [0.25, 0.3) is 28.1 Å². The van der Waals surface area contributed by atoms with Crippen LogP contribution in [0.4, 0.5) is 10.2 Å². The van der Waals surface area contributed by atoms with Crippen LogP contribution in [0.1, 0.15) is 5.56 Å². The largest absolute Gasteiger partial charge is 0.270 e. The highest BCUT2D eigenvalue weighted by molar-refractivity contribution is 7.92. The molecule has 0 amide bonds. The lowest BCUT2D eigenvalue weighted by molar-refractivity contribution is 0.594. The first-order valence-corrected chi connectivity index (χ1v) is 11.3. The van der Waals surface area contributed by atoms with Crippen LogP contribution in [0.15, 0.2) is 77.7 Å². The number of hydrogen-bond acceptors (Lipinski definition) is 5. The SMILES string of the molecule is Cc1ccc(S(=O)(=O)N(C)c2nc3ccccc3n3c(-c4ccc(F)cc4)nnc23)cc1. The maximum atomic E-state index is 13.5. The molecule has 3 aromatic carbocycles. The first-order chi connectivity index (χ1) is 15.4. The van der Waals surface area contributed by atoms with Crippen molar-refractivity contribution < 1.29 is 12.8 Å². The molecule has 32 heavy (non-hydrogen) atoms. The van der Waals surface area contributed by atoms with Gasteiger partial charge < -0.3 is 0 Å². The van der Waals surface area contributed by atoms with E-state index in [0.29, 0.717) is 22.4 Å². The van der Waals surface area contributed by atoms with Crippen molar-refractivity contribution in [1.29, 1.82) is 0 Å². The third-order valence-corrected chi connectivity index (χ3v) is 7.05. The molecule has 0 saturated heterocycles. The lowest BCUT2D eigenvalue weighted by Gasteiger charge is -2.20. The molecule has 9 heteroatoms. The summed E-state index contributed by atoms with van der Waals surface area (Å²) in [5.41, 5.74) is 3.16. The number of aryl methyl sites for hydroxylation is 1. The molecular weight excluding hydrogens is 429 g/mol. The fraction of sp³-hybridized carbons (Fsp3) is 0.0870. The Morgan fingerprint density at radius 2 is 1.59 bits per heavy atom. The fourth-order valence-corrected chi connectivity index (χ4v) is 4.69. The van der Waals surface area contributed by atoms with Gasteiger partial charge in [-0.15, -0.1) is 10.2 Å². The summed E-state index contributed by atoms with van der Waals surface area (Å²) in [6, 6.07) is 19.8. The van der Waals surface area contributed by atoms with Gasteiger partial charge in [-0.25, -0.2) is 22.1 Å². The van der Waals surface area contributed by atoms with Crippen molar-refractivity contribution in [2.75, 3.05) is 11.4 Å². The molecule has 0 atom stereocenters. The second-order valence-corrected chi connectivity index (χ2v) is 9.37. The van der Waals surface area contributed by atoms with Gasteiger partial charge in [-0.3, -0.25) is 4.40 Å². The Hall–Kier alpha value is -3.85. The van der Waals surface area contributed by atoms with E-state index >= 15 is 0 Å². The zero-order valence-electron chi connectivity index (χ0n) is 17.3. The van der Waals surface area contributed by atoms with E-state index in [1.54, 1.807) is 46.9 Å². The minimum absolute atomic E-state index is 0.144. The van der Waals surface area contributed by atoms with Gasteiger partial charge in [0.05, 0.1) is 15.9 Å². The summed E-state index contributed by atoms with van der Waals surface area (Å²) in [6.45, 7) is 1.89. The molecule has 0 saturated carbocycles. The predicted molar refractivity (Wildman–Crippen MR) is 120 cm³/mol. The van der Waals surface area contributed by atoms with Gasteiger partial charge in [0.15, 0.2) is 11.6 Å². The number of anilines is 1. The van der Waals surface area contributed by atoms with Crippen molar-refractivity contribution in [1.82, 2.24) is 19.6 Å². The van der Waals surface area contributed by atoms with Crippen LogP contribution in [0, 0.1) is 12.7 Å². The van der Waals surface area contributed by atoms with Crippen LogP contribution < -0.4 is 4.31 Å². The number of rotatable bonds is 4. The molecule has 0 bridgehead atoms. The summed E-state index contributed by atoms with van der Waals surface area (Å²) in [4.78, 5) is 4.75. The number of nitrogens with zero attached hydrogens (tertiary/aromatic N) is 5. The second kappa shape index (κ2) is 7.38. The average molecular weight is 447 g/mol. The summed E-state index contributed by atoms with van der Waals surface area (Å²) in [5, 5.41) is 8.54. The van der Waals surface area contributed by atoms with E-state index in [1.165, 1.54) is 19.2 Å². The van der Waals surface area contributed by atoms with E-state index in [2.05, 4.69) is 15.2 Å². The average Bonchev–Trinajstić information content (AvgIpc) is 3.24. The number of fused-ring (bicyclic) bond motifs is 3. The first kappa shape index (κ1) is 20.1. The van der Waals surface area contributed by atoms with Crippen LogP contribution in [0.5, 0.6) is 0 Å². The Morgan fingerprint density at radius 3 is 2.31 bits per heavy atom. The van der Waals surface area contributed by atoms with Crippen LogP contribution in [-0.4, -0.2) is 35.0 Å². The summed E-state index contributed by atoms with van der Waals surface area (Å²) in [7, 11) is -2.45. The molecule has 0 radical (unpaired) electrons. The Labute approximate surface area is 183 Å². The van der Waals surface area contributed by atoms with Gasteiger partial charge in [0.1, 0.15) is 5.82 Å². The number of aromatic nitrogens is 4. The van der Waals surface area contributed by atoms with Gasteiger partial charge in [0.2, 0.25) is 5.65 Å². The molecule has 5 rings (SSSR count). The number of hydrogen-bond donors (Lipinski definition) is 0. The van der Waals surface area contributed by atoms with Crippen molar-refractivity contribution >= 4 is 32.5 Å². The molecule has 2 aromatic heterocycles. The Bertz CT molecular complexity index is 1560. The standard InChI is InChI=1S/C23H18FN5O2S/c1-15-7-13-18(14-8-15)32(30,31)28(2)22-23-27-26-21(16-9-11-17(24)12-10-16)29(23)20-6-4-3-5-19(20)25-22/h3-14H,1-2H3. The Morgan fingerprint density at radius 1 is 0.906 bits per heavy atom. The minimum Gasteiger partial charge on any atom is -0.270 e. The van der Waals surface area contributed by atoms with Crippen LogP contribution in [-0.2, 0) is 10.0 Å². The first-order valence-electron chi connectivity index (χ1n) is 9.82. The molecule has 0 fully saturated rings. The maximum Gasteiger partial charge on any atom is 0.265 e. The van der Waals surface area contributed by atoms with E-state index < -0.39 is 10.0 Å². The molecule has 2 heterocycles. The lowest BCUT2D eigenvalue weighted by atomic mass is 10.2. The molecule has 0 aliphatic carbocycles. The van der Waals surface area contributed by atoms with E-state index in [0.717, 1.165) is 9.87 Å². The molecular formula is C23H18FN5O2S. The van der Waals surface area contributed by atoms with Gasteiger partial charge in [-0.05, 0) is 55.5 Å². The molecule has 160 valence electrons. The summed E-state index contributed by atoms with van der Waals surface area (Å²) >= 11 is 0. The van der Waals surface area contributed by atoms with E-state index in [9.17, 15) is 12.8 Å². The molecule has 5 aromatic rings. The maximum absolute atomic E-state index is 13.5. The highest BCUT2D eigenvalue weighted by atomic mass is 32.2. The molecule has 0 aliphatic rings. The van der Waals surface area contributed by atoms with Crippen LogP contribution in [0.3, 0.4) is 0 Å². The fourth-order valence-electron chi connectivity index (χ4n) is 3.55. The monoisotopic (exact) mass is 447 g/mol. The normalized spacial score (nSPS) is 11.8. The van der Waals surface area contributed by atoms with Crippen LogP contribution >= 0.6 is 0 Å². The van der Waals surface area contributed by atoms with Crippen molar-refractivity contribution in [3.05, 3.63) is 84.2 Å². The van der Waals surface area contributed by atoms with Gasteiger partial charge in [-0.2, -0.15) is 0 Å². The second-order valence-electron chi connectivity index (χ2n) is 7.40. The van der Waals surface area contributed by atoms with Crippen molar-refractivity contribution in [2.45, 2.75) is 11.8 Å².